The van der Waals surface area contributed by atoms with Crippen LogP contribution in [0.4, 0.5) is 10.1 Å². The molecule has 0 spiro atoms. The van der Waals surface area contributed by atoms with Crippen LogP contribution in [0.25, 0.3) is 0 Å². The van der Waals surface area contributed by atoms with Crippen molar-refractivity contribution < 1.29 is 4.39 Å². The van der Waals surface area contributed by atoms with E-state index in [2.05, 4.69) is 25.7 Å². The minimum atomic E-state index is -0.0912. The van der Waals surface area contributed by atoms with Crippen molar-refractivity contribution in [2.75, 3.05) is 11.4 Å². The zero-order chi connectivity index (χ0) is 15.4. The highest BCUT2D eigenvalue weighted by Crippen LogP contribution is 2.36. The number of nitrogens with zero attached hydrogens (tertiary/aromatic N) is 1. The maximum atomic E-state index is 14.5. The lowest BCUT2D eigenvalue weighted by molar-refractivity contribution is 0.554. The Bertz CT molecular complexity index is 455. The van der Waals surface area contributed by atoms with Crippen LogP contribution in [0.5, 0.6) is 0 Å². The van der Waals surface area contributed by atoms with E-state index >= 15 is 0 Å². The van der Waals surface area contributed by atoms with Crippen molar-refractivity contribution >= 4 is 5.69 Å². The average molecular weight is 292 g/mol. The quantitative estimate of drug-likeness (QED) is 0.781. The topological polar surface area (TPSA) is 29.3 Å². The lowest BCUT2D eigenvalue weighted by Gasteiger charge is -2.29. The maximum Gasteiger partial charge on any atom is 0.146 e. The standard InChI is InChI=1S/C18H29FN2/c1-4-15(20)12-14-6-5-7-17(19)18(14)21(16-8-9-16)11-10-13(2)3/h5-7,13,15-16H,4,8-12,20H2,1-3H3. The van der Waals surface area contributed by atoms with Crippen molar-refractivity contribution in [3.05, 3.63) is 29.6 Å². The normalized spacial score (nSPS) is 16.3. The second kappa shape index (κ2) is 7.26. The zero-order valence-electron chi connectivity index (χ0n) is 13.6. The van der Waals surface area contributed by atoms with Gasteiger partial charge >= 0.3 is 0 Å². The van der Waals surface area contributed by atoms with Gasteiger partial charge in [0.05, 0.1) is 5.69 Å². The first-order valence-corrected chi connectivity index (χ1v) is 8.32. The average Bonchev–Trinajstić information content (AvgIpc) is 3.25. The SMILES string of the molecule is CCC(N)Cc1cccc(F)c1N(CCC(C)C)C1CC1. The second-order valence-electron chi connectivity index (χ2n) is 6.73. The van der Waals surface area contributed by atoms with E-state index in [9.17, 15) is 4.39 Å². The summed E-state index contributed by atoms with van der Waals surface area (Å²) in [5.74, 6) is 0.547. The minimum Gasteiger partial charge on any atom is -0.366 e. The Balaban J connectivity index is 2.25. The summed E-state index contributed by atoms with van der Waals surface area (Å²) in [6, 6.07) is 6.07. The number of benzene rings is 1. The van der Waals surface area contributed by atoms with E-state index in [4.69, 9.17) is 5.73 Å². The van der Waals surface area contributed by atoms with Crippen LogP contribution in [-0.4, -0.2) is 18.6 Å². The molecule has 0 amide bonds. The number of anilines is 1. The third kappa shape index (κ3) is 4.44. The lowest BCUT2D eigenvalue weighted by atomic mass is 10.0. The van der Waals surface area contributed by atoms with E-state index in [1.54, 1.807) is 6.07 Å². The van der Waals surface area contributed by atoms with Gasteiger partial charge in [-0.15, -0.1) is 0 Å². The molecule has 1 aromatic rings. The van der Waals surface area contributed by atoms with Crippen molar-refractivity contribution in [3.8, 4) is 0 Å². The molecule has 1 unspecified atom stereocenters. The summed E-state index contributed by atoms with van der Waals surface area (Å²) in [7, 11) is 0. The molecule has 1 aliphatic carbocycles. The number of halogens is 1. The van der Waals surface area contributed by atoms with Gasteiger partial charge in [-0.2, -0.15) is 0 Å². The van der Waals surface area contributed by atoms with Gasteiger partial charge in [-0.3, -0.25) is 0 Å². The summed E-state index contributed by atoms with van der Waals surface area (Å²) in [6.45, 7) is 7.47. The minimum absolute atomic E-state index is 0.0912. The molecule has 2 rings (SSSR count). The van der Waals surface area contributed by atoms with Crippen LogP contribution in [0, 0.1) is 11.7 Å². The zero-order valence-corrected chi connectivity index (χ0v) is 13.6. The molecule has 1 saturated carbocycles. The van der Waals surface area contributed by atoms with Crippen LogP contribution in [0.1, 0.15) is 52.0 Å². The third-order valence-electron chi connectivity index (χ3n) is 4.30. The molecule has 1 aromatic carbocycles. The van der Waals surface area contributed by atoms with Gasteiger partial charge < -0.3 is 10.6 Å². The second-order valence-corrected chi connectivity index (χ2v) is 6.73. The predicted molar refractivity (Wildman–Crippen MR) is 88.2 cm³/mol. The molecule has 0 saturated heterocycles. The molecule has 0 aromatic heterocycles. The van der Waals surface area contributed by atoms with Crippen LogP contribution >= 0.6 is 0 Å². The van der Waals surface area contributed by atoms with Crippen molar-refractivity contribution in [3.63, 3.8) is 0 Å². The molecule has 21 heavy (non-hydrogen) atoms. The van der Waals surface area contributed by atoms with Gasteiger partial charge in [0, 0.05) is 18.6 Å². The molecular weight excluding hydrogens is 263 g/mol. The first-order chi connectivity index (χ1) is 10.0. The highest BCUT2D eigenvalue weighted by atomic mass is 19.1. The largest absolute Gasteiger partial charge is 0.366 e. The summed E-state index contributed by atoms with van der Waals surface area (Å²) < 4.78 is 14.5. The van der Waals surface area contributed by atoms with E-state index in [0.717, 1.165) is 37.1 Å². The van der Waals surface area contributed by atoms with Crippen LogP contribution in [0.15, 0.2) is 18.2 Å². The first-order valence-electron chi connectivity index (χ1n) is 8.32. The van der Waals surface area contributed by atoms with Crippen LogP contribution in [0.2, 0.25) is 0 Å². The molecule has 0 bridgehead atoms. The fourth-order valence-corrected chi connectivity index (χ4v) is 2.73. The molecule has 2 nitrogen and oxygen atoms in total. The Morgan fingerprint density at radius 2 is 2.05 bits per heavy atom. The van der Waals surface area contributed by atoms with Crippen LogP contribution in [-0.2, 0) is 6.42 Å². The Morgan fingerprint density at radius 3 is 2.62 bits per heavy atom. The van der Waals surface area contributed by atoms with E-state index in [1.165, 1.54) is 12.8 Å². The summed E-state index contributed by atoms with van der Waals surface area (Å²) in [4.78, 5) is 2.30. The molecule has 0 radical (unpaired) electrons. The molecule has 1 fully saturated rings. The van der Waals surface area contributed by atoms with Gasteiger partial charge in [-0.25, -0.2) is 4.39 Å². The van der Waals surface area contributed by atoms with Gasteiger partial charge in [0.1, 0.15) is 5.82 Å². The summed E-state index contributed by atoms with van der Waals surface area (Å²) in [6.07, 6.45) is 5.15. The Hall–Kier alpha value is -1.09. The molecule has 0 heterocycles. The fraction of sp³-hybridized carbons (Fsp3) is 0.667. The Kier molecular flexibility index (Phi) is 5.63. The fourth-order valence-electron chi connectivity index (χ4n) is 2.73. The number of hydrogen-bond donors (Lipinski definition) is 1. The molecule has 118 valence electrons. The van der Waals surface area contributed by atoms with Gasteiger partial charge in [0.2, 0.25) is 0 Å². The molecule has 3 heteroatoms. The van der Waals surface area contributed by atoms with E-state index in [-0.39, 0.29) is 11.9 Å². The molecule has 1 aliphatic rings. The van der Waals surface area contributed by atoms with Gasteiger partial charge in [-0.1, -0.05) is 32.9 Å². The third-order valence-corrected chi connectivity index (χ3v) is 4.30. The van der Waals surface area contributed by atoms with Crippen LogP contribution in [0.3, 0.4) is 0 Å². The van der Waals surface area contributed by atoms with Crippen molar-refractivity contribution in [2.45, 2.75) is 65.0 Å². The highest BCUT2D eigenvalue weighted by Gasteiger charge is 2.32. The van der Waals surface area contributed by atoms with E-state index in [0.29, 0.717) is 12.0 Å². The van der Waals surface area contributed by atoms with Crippen molar-refractivity contribution in [1.82, 2.24) is 0 Å². The number of rotatable bonds is 8. The number of nitrogens with two attached hydrogens (primary N) is 1. The molecule has 2 N–H and O–H groups in total. The Labute approximate surface area is 128 Å². The highest BCUT2D eigenvalue weighted by molar-refractivity contribution is 5.57. The number of hydrogen-bond acceptors (Lipinski definition) is 2. The Morgan fingerprint density at radius 1 is 1.33 bits per heavy atom. The lowest BCUT2D eigenvalue weighted by Crippen LogP contribution is -2.31. The number of para-hydroxylation sites is 1. The predicted octanol–water partition coefficient (Wildman–Crippen LogP) is 4.12. The summed E-state index contributed by atoms with van der Waals surface area (Å²) in [5.41, 5.74) is 7.98. The summed E-state index contributed by atoms with van der Waals surface area (Å²) >= 11 is 0. The van der Waals surface area contributed by atoms with E-state index in [1.807, 2.05) is 12.1 Å². The summed E-state index contributed by atoms with van der Waals surface area (Å²) in [5, 5.41) is 0. The smallest absolute Gasteiger partial charge is 0.146 e. The molecular formula is C18H29FN2. The van der Waals surface area contributed by atoms with Gasteiger partial charge in [-0.05, 0) is 49.7 Å². The van der Waals surface area contributed by atoms with Crippen LogP contribution < -0.4 is 10.6 Å². The molecule has 1 atom stereocenters. The maximum absolute atomic E-state index is 14.5. The first kappa shape index (κ1) is 16.3. The molecule has 0 aliphatic heterocycles. The van der Waals surface area contributed by atoms with Crippen molar-refractivity contribution in [2.24, 2.45) is 11.7 Å². The van der Waals surface area contributed by atoms with Gasteiger partial charge in [0.15, 0.2) is 0 Å². The van der Waals surface area contributed by atoms with Crippen molar-refractivity contribution in [1.29, 1.82) is 0 Å². The van der Waals surface area contributed by atoms with E-state index < -0.39 is 0 Å². The van der Waals surface area contributed by atoms with Gasteiger partial charge in [0.25, 0.3) is 0 Å². The monoisotopic (exact) mass is 292 g/mol.